The van der Waals surface area contributed by atoms with Crippen LogP contribution in [-0.2, 0) is 16.0 Å². The molecule has 6 nitrogen and oxygen atoms in total. The van der Waals surface area contributed by atoms with Crippen molar-refractivity contribution in [2.75, 3.05) is 25.5 Å². The number of nitrogens with one attached hydrogen (secondary N) is 1. The molecule has 0 spiro atoms. The van der Waals surface area contributed by atoms with Gasteiger partial charge in [0.25, 0.3) is 0 Å². The molecule has 0 bridgehead atoms. The zero-order valence-corrected chi connectivity index (χ0v) is 17.8. The minimum atomic E-state index is -0.0852. The number of aryl methyl sites for hydroxylation is 1. The van der Waals surface area contributed by atoms with Crippen LogP contribution in [0.1, 0.15) is 43.4 Å². The van der Waals surface area contributed by atoms with Crippen molar-refractivity contribution < 1.29 is 9.59 Å². The third kappa shape index (κ3) is 3.64. The first-order chi connectivity index (χ1) is 14.5. The Morgan fingerprint density at radius 1 is 1.17 bits per heavy atom. The molecule has 2 aliphatic rings. The van der Waals surface area contributed by atoms with Crippen LogP contribution in [0, 0.1) is 0 Å². The fourth-order valence-electron chi connectivity index (χ4n) is 4.73. The summed E-state index contributed by atoms with van der Waals surface area (Å²) < 4.78 is 0. The molecule has 0 aliphatic carbocycles. The molecule has 1 fully saturated rings. The third-order valence-corrected chi connectivity index (χ3v) is 6.42. The molecule has 0 saturated carbocycles. The number of pyridine rings is 1. The lowest BCUT2D eigenvalue weighted by atomic mass is 9.95. The molecule has 3 heterocycles. The van der Waals surface area contributed by atoms with Crippen LogP contribution in [0.3, 0.4) is 0 Å². The SMILES string of the molecule is CCNC(=O)C1CCC(c2cncc(-c3ccc4c(c3)CCC(=C=O)N4C)c2)N1C. The molecule has 2 atom stereocenters. The van der Waals surface area contributed by atoms with Crippen molar-refractivity contribution in [3.05, 3.63) is 53.5 Å². The molecule has 1 saturated heterocycles. The van der Waals surface area contributed by atoms with Crippen molar-refractivity contribution in [2.24, 2.45) is 0 Å². The predicted octanol–water partition coefficient (Wildman–Crippen LogP) is 3.12. The molecule has 156 valence electrons. The van der Waals surface area contributed by atoms with Crippen molar-refractivity contribution >= 4 is 17.5 Å². The van der Waals surface area contributed by atoms with E-state index in [9.17, 15) is 9.59 Å². The van der Waals surface area contributed by atoms with Crippen LogP contribution in [0.2, 0.25) is 0 Å². The molecular weight excluding hydrogens is 376 g/mol. The number of anilines is 1. The number of nitrogens with zero attached hydrogens (tertiary/aromatic N) is 3. The Morgan fingerprint density at radius 2 is 2.00 bits per heavy atom. The summed E-state index contributed by atoms with van der Waals surface area (Å²) in [5, 5.41) is 2.94. The molecule has 1 amide bonds. The Bertz CT molecular complexity index is 1010. The van der Waals surface area contributed by atoms with Crippen LogP contribution >= 0.6 is 0 Å². The average Bonchev–Trinajstić information content (AvgIpc) is 3.15. The zero-order chi connectivity index (χ0) is 21.3. The van der Waals surface area contributed by atoms with E-state index >= 15 is 0 Å². The standard InChI is InChI=1S/C24H28N4O2/c1-4-26-24(30)23-10-9-22(28(23)3)19-12-18(13-25-14-19)16-6-8-21-17(11-16)5-7-20(15-29)27(21)2/h6,8,11-14,22-23H,4-5,7,9-10H2,1-3H3,(H,26,30). The number of aromatic nitrogens is 1. The Hall–Kier alpha value is -2.95. The van der Waals surface area contributed by atoms with Gasteiger partial charge >= 0.3 is 0 Å². The first-order valence-electron chi connectivity index (χ1n) is 10.6. The van der Waals surface area contributed by atoms with Crippen LogP contribution in [0.5, 0.6) is 0 Å². The van der Waals surface area contributed by atoms with E-state index in [1.165, 1.54) is 5.56 Å². The predicted molar refractivity (Wildman–Crippen MR) is 118 cm³/mol. The van der Waals surface area contributed by atoms with Gasteiger partial charge in [0, 0.05) is 49.7 Å². The Labute approximate surface area is 177 Å². The number of hydrogen-bond donors (Lipinski definition) is 1. The number of rotatable bonds is 4. The normalized spacial score (nSPS) is 21.3. The van der Waals surface area contributed by atoms with Gasteiger partial charge in [-0.3, -0.25) is 14.7 Å². The maximum Gasteiger partial charge on any atom is 0.237 e. The number of amides is 1. The molecule has 1 aromatic carbocycles. The van der Waals surface area contributed by atoms with E-state index in [1.54, 1.807) is 0 Å². The first-order valence-corrected chi connectivity index (χ1v) is 10.6. The third-order valence-electron chi connectivity index (χ3n) is 6.42. The van der Waals surface area contributed by atoms with Crippen LogP contribution < -0.4 is 10.2 Å². The molecular formula is C24H28N4O2. The van der Waals surface area contributed by atoms with Gasteiger partial charge in [0.15, 0.2) is 0 Å². The van der Waals surface area contributed by atoms with Gasteiger partial charge in [-0.05, 0) is 68.1 Å². The lowest BCUT2D eigenvalue weighted by molar-refractivity contribution is -0.125. The summed E-state index contributed by atoms with van der Waals surface area (Å²) in [5.74, 6) is 2.16. The van der Waals surface area contributed by atoms with Gasteiger partial charge in [-0.15, -0.1) is 0 Å². The number of likely N-dealkylation sites (N-methyl/N-ethyl adjacent to an activating group) is 2. The van der Waals surface area contributed by atoms with Crippen molar-refractivity contribution in [1.82, 2.24) is 15.2 Å². The number of hydrogen-bond acceptors (Lipinski definition) is 5. The summed E-state index contributed by atoms with van der Waals surface area (Å²) in [6, 6.07) is 8.65. The molecule has 1 aromatic heterocycles. The Balaban J connectivity index is 1.59. The summed E-state index contributed by atoms with van der Waals surface area (Å²) in [6.07, 6.45) is 7.16. The van der Waals surface area contributed by atoms with E-state index in [0.29, 0.717) is 18.7 Å². The maximum absolute atomic E-state index is 12.3. The molecule has 2 aromatic rings. The van der Waals surface area contributed by atoms with Gasteiger partial charge in [0.2, 0.25) is 5.91 Å². The van der Waals surface area contributed by atoms with E-state index in [4.69, 9.17) is 0 Å². The highest BCUT2D eigenvalue weighted by Gasteiger charge is 2.35. The monoisotopic (exact) mass is 404 g/mol. The fraction of sp³-hybridized carbons (Fsp3) is 0.417. The summed E-state index contributed by atoms with van der Waals surface area (Å²) in [7, 11) is 3.94. The highest BCUT2D eigenvalue weighted by Crippen LogP contribution is 2.37. The number of allylic oxidation sites excluding steroid dienone is 1. The summed E-state index contributed by atoms with van der Waals surface area (Å²) in [5.41, 5.74) is 6.33. The van der Waals surface area contributed by atoms with Crippen LogP contribution in [-0.4, -0.2) is 48.4 Å². The molecule has 2 aliphatic heterocycles. The smallest absolute Gasteiger partial charge is 0.237 e. The van der Waals surface area contributed by atoms with Gasteiger partial charge in [0.1, 0.15) is 11.6 Å². The van der Waals surface area contributed by atoms with Crippen molar-refractivity contribution in [3.8, 4) is 11.1 Å². The molecule has 2 unspecified atom stereocenters. The van der Waals surface area contributed by atoms with E-state index in [0.717, 1.165) is 41.6 Å². The molecule has 1 N–H and O–H groups in total. The minimum absolute atomic E-state index is 0.0852. The number of likely N-dealkylation sites (tertiary alicyclic amines) is 1. The minimum Gasteiger partial charge on any atom is -0.355 e. The number of fused-ring (bicyclic) bond motifs is 1. The summed E-state index contributed by atoms with van der Waals surface area (Å²) in [4.78, 5) is 32.1. The van der Waals surface area contributed by atoms with Crippen LogP contribution in [0.15, 0.2) is 42.4 Å². The fourth-order valence-corrected chi connectivity index (χ4v) is 4.73. The van der Waals surface area contributed by atoms with Gasteiger partial charge in [-0.1, -0.05) is 6.07 Å². The maximum atomic E-state index is 12.3. The lowest BCUT2D eigenvalue weighted by Crippen LogP contribution is -2.41. The second kappa shape index (κ2) is 8.42. The van der Waals surface area contributed by atoms with Gasteiger partial charge in [-0.2, -0.15) is 0 Å². The van der Waals surface area contributed by atoms with Crippen molar-refractivity contribution in [2.45, 2.75) is 44.7 Å². The first kappa shape index (κ1) is 20.3. The highest BCUT2D eigenvalue weighted by atomic mass is 16.2. The molecule has 6 heteroatoms. The highest BCUT2D eigenvalue weighted by molar-refractivity contribution is 5.82. The van der Waals surface area contributed by atoms with E-state index in [1.807, 2.05) is 38.3 Å². The quantitative estimate of drug-likeness (QED) is 0.794. The van der Waals surface area contributed by atoms with E-state index in [2.05, 4.69) is 45.4 Å². The second-order valence-corrected chi connectivity index (χ2v) is 8.13. The molecule has 0 radical (unpaired) electrons. The summed E-state index contributed by atoms with van der Waals surface area (Å²) in [6.45, 7) is 2.60. The van der Waals surface area contributed by atoms with Gasteiger partial charge in [-0.25, -0.2) is 4.79 Å². The molecule has 4 rings (SSSR count). The second-order valence-electron chi connectivity index (χ2n) is 8.13. The van der Waals surface area contributed by atoms with Crippen LogP contribution in [0.25, 0.3) is 11.1 Å². The van der Waals surface area contributed by atoms with E-state index in [-0.39, 0.29) is 18.0 Å². The van der Waals surface area contributed by atoms with E-state index < -0.39 is 0 Å². The Morgan fingerprint density at radius 3 is 2.77 bits per heavy atom. The number of benzene rings is 1. The summed E-state index contributed by atoms with van der Waals surface area (Å²) >= 11 is 0. The van der Waals surface area contributed by atoms with Gasteiger partial charge in [0.05, 0.1) is 6.04 Å². The van der Waals surface area contributed by atoms with Crippen molar-refractivity contribution in [3.63, 3.8) is 0 Å². The average molecular weight is 405 g/mol. The largest absolute Gasteiger partial charge is 0.355 e. The Kier molecular flexibility index (Phi) is 5.71. The molecule has 30 heavy (non-hydrogen) atoms. The number of carbonyl (C=O) groups is 1. The zero-order valence-electron chi connectivity index (χ0n) is 17.8. The topological polar surface area (TPSA) is 65.5 Å². The van der Waals surface area contributed by atoms with Gasteiger partial charge < -0.3 is 10.2 Å². The number of carbonyl (C=O) groups excluding carboxylic acids is 2. The van der Waals surface area contributed by atoms with Crippen LogP contribution in [0.4, 0.5) is 5.69 Å². The lowest BCUT2D eigenvalue weighted by Gasteiger charge is -2.28. The van der Waals surface area contributed by atoms with Crippen molar-refractivity contribution in [1.29, 1.82) is 0 Å².